The van der Waals surface area contributed by atoms with Crippen molar-refractivity contribution in [2.45, 2.75) is 106 Å². The standard InChI is InChI=1S/C44H56N4O17S/c1-21-37(53)25(46-11-13-63-14-12-48-31(52)17-28(42(48)58)66-15-9-30(51)47-24(43(59)60)7-3-4-10-45)16-32(64-21)65-27-19-44(61,29(50)20-49)18-23-34(27)41(57)36-35(39(23)55)38(54)22-6-5-8-26(62-2)33(22)40(36)56/h5-6,8,21,24-25,27-28,32,37,46,49,53,55,57,61H,3-4,7,9-20,45H2,1-2H3,(H,47,51)(H,59,60)/t21-,24-,25-,27-,28?,32-,37+,44-/m0/s1. The van der Waals surface area contributed by atoms with Crippen LogP contribution in [-0.2, 0) is 44.6 Å². The number of aromatic hydroxyl groups is 2. The summed E-state index contributed by atoms with van der Waals surface area (Å²) >= 11 is 1.14. The van der Waals surface area contributed by atoms with Gasteiger partial charge in [-0.1, -0.05) is 12.1 Å². The Hall–Kier alpha value is -5.04. The first-order valence-electron chi connectivity index (χ1n) is 21.7. The largest absolute Gasteiger partial charge is 0.507 e. The van der Waals surface area contributed by atoms with Crippen LogP contribution in [0.4, 0.5) is 0 Å². The van der Waals surface area contributed by atoms with Gasteiger partial charge in [-0.2, -0.15) is 0 Å². The van der Waals surface area contributed by atoms with Gasteiger partial charge in [-0.25, -0.2) is 4.79 Å². The van der Waals surface area contributed by atoms with Gasteiger partial charge in [0.05, 0.1) is 67.1 Å². The quantitative estimate of drug-likeness (QED) is 0.0351. The Morgan fingerprint density at radius 3 is 2.50 bits per heavy atom. The van der Waals surface area contributed by atoms with Crippen LogP contribution in [0.3, 0.4) is 0 Å². The Balaban J connectivity index is 1.04. The van der Waals surface area contributed by atoms with Crippen LogP contribution in [-0.4, -0.2) is 170 Å². The zero-order valence-electron chi connectivity index (χ0n) is 36.5. The molecule has 0 bridgehead atoms. The summed E-state index contributed by atoms with van der Waals surface area (Å²) in [6.45, 7) is 1.15. The van der Waals surface area contributed by atoms with Crippen LogP contribution in [0.25, 0.3) is 0 Å². The lowest BCUT2D eigenvalue weighted by Gasteiger charge is -2.43. The maximum atomic E-state index is 14.0. The van der Waals surface area contributed by atoms with Gasteiger partial charge < -0.3 is 66.0 Å². The van der Waals surface area contributed by atoms with Crippen LogP contribution >= 0.6 is 11.8 Å². The van der Waals surface area contributed by atoms with E-state index in [4.69, 9.17) is 24.7 Å². The van der Waals surface area contributed by atoms with Gasteiger partial charge in [-0.15, -0.1) is 11.8 Å². The van der Waals surface area contributed by atoms with Gasteiger partial charge in [0.2, 0.25) is 23.5 Å². The normalized spacial score (nSPS) is 25.3. The molecule has 2 aromatic rings. The van der Waals surface area contributed by atoms with Crippen molar-refractivity contribution in [2.75, 3.05) is 52.3 Å². The van der Waals surface area contributed by atoms with Crippen molar-refractivity contribution in [1.29, 1.82) is 0 Å². The number of carboxylic acid groups (broad SMARTS) is 1. The number of aliphatic hydroxyl groups is 3. The number of carbonyl (C=O) groups is 7. The van der Waals surface area contributed by atoms with Crippen LogP contribution in [0.1, 0.15) is 101 Å². The Bertz CT molecular complexity index is 2220. The minimum atomic E-state index is -2.34. The molecule has 21 nitrogen and oxygen atoms in total. The number of ketones is 3. The highest BCUT2D eigenvalue weighted by Crippen LogP contribution is 2.52. The number of hydrogen-bond acceptors (Lipinski definition) is 19. The molecule has 0 spiro atoms. The zero-order valence-corrected chi connectivity index (χ0v) is 37.3. The molecule has 22 heteroatoms. The van der Waals surface area contributed by atoms with E-state index in [9.17, 15) is 64.2 Å². The van der Waals surface area contributed by atoms with E-state index in [0.717, 1.165) is 16.7 Å². The van der Waals surface area contributed by atoms with Crippen molar-refractivity contribution in [2.24, 2.45) is 5.73 Å². The molecule has 2 heterocycles. The minimum Gasteiger partial charge on any atom is -0.507 e. The Morgan fingerprint density at radius 2 is 1.80 bits per heavy atom. The number of hydrogen-bond donors (Lipinski definition) is 9. The SMILES string of the molecule is COc1cccc2c1C(=O)c1c(O)c3c(c(O)c1C2=O)C[C@@](O)(C(=O)CO)C[C@@H]3O[C@H]1C[C@H](NCCOCCN2C(=O)CC(SCCC(=O)N[C@@H](CCCCN)C(=O)O)C2=O)[C@H](O)[C@H](C)O1. The molecule has 3 amide bonds. The summed E-state index contributed by atoms with van der Waals surface area (Å²) in [4.78, 5) is 91.4. The molecule has 8 atom stereocenters. The molecule has 360 valence electrons. The molecule has 4 aliphatic rings. The number of nitrogens with zero attached hydrogens (tertiary/aromatic N) is 1. The van der Waals surface area contributed by atoms with Crippen LogP contribution < -0.4 is 21.1 Å². The lowest BCUT2D eigenvalue weighted by molar-refractivity contribution is -0.250. The predicted octanol–water partition coefficient (Wildman–Crippen LogP) is -0.402. The van der Waals surface area contributed by atoms with Crippen LogP contribution in [0.2, 0.25) is 0 Å². The zero-order chi connectivity index (χ0) is 48.0. The molecule has 1 unspecified atom stereocenters. The number of benzene rings is 2. The highest BCUT2D eigenvalue weighted by Gasteiger charge is 2.50. The van der Waals surface area contributed by atoms with E-state index in [1.165, 1.54) is 25.3 Å². The average Bonchev–Trinajstić information content (AvgIpc) is 3.55. The lowest BCUT2D eigenvalue weighted by Crippen LogP contribution is -2.55. The molecule has 10 N–H and O–H groups in total. The van der Waals surface area contributed by atoms with Crippen molar-refractivity contribution in [3.05, 3.63) is 51.6 Å². The number of imide groups is 1. The van der Waals surface area contributed by atoms with Crippen LogP contribution in [0, 0.1) is 0 Å². The van der Waals surface area contributed by atoms with E-state index in [1.54, 1.807) is 6.92 Å². The number of ether oxygens (including phenoxy) is 4. The number of fused-ring (bicyclic) bond motifs is 3. The number of likely N-dealkylation sites (tertiary alicyclic amines) is 1. The number of thioether (sulfide) groups is 1. The maximum Gasteiger partial charge on any atom is 0.326 e. The second-order valence-electron chi connectivity index (χ2n) is 16.6. The smallest absolute Gasteiger partial charge is 0.326 e. The van der Waals surface area contributed by atoms with E-state index < -0.39 is 131 Å². The topological polar surface area (TPSA) is 331 Å². The number of unbranched alkanes of at least 4 members (excludes halogenated alkanes) is 1. The third-order valence-electron chi connectivity index (χ3n) is 12.3. The molecule has 0 saturated carbocycles. The first kappa shape index (κ1) is 50.4. The van der Waals surface area contributed by atoms with Gasteiger partial charge in [0.25, 0.3) is 0 Å². The van der Waals surface area contributed by atoms with E-state index in [-0.39, 0.29) is 85.7 Å². The average molecular weight is 945 g/mol. The highest BCUT2D eigenvalue weighted by atomic mass is 32.2. The van der Waals surface area contributed by atoms with Gasteiger partial charge in [-0.3, -0.25) is 33.7 Å². The van der Waals surface area contributed by atoms with Crippen molar-refractivity contribution < 1.29 is 83.1 Å². The first-order chi connectivity index (χ1) is 31.5. The monoisotopic (exact) mass is 944 g/mol. The number of carboxylic acids is 1. The molecule has 0 aromatic heterocycles. The van der Waals surface area contributed by atoms with Gasteiger partial charge >= 0.3 is 5.97 Å². The summed E-state index contributed by atoms with van der Waals surface area (Å²) in [5.41, 5.74) is 1.41. The third-order valence-corrected chi connectivity index (χ3v) is 13.5. The number of amides is 3. The molecule has 0 radical (unpaired) electrons. The minimum absolute atomic E-state index is 0.00121. The highest BCUT2D eigenvalue weighted by molar-refractivity contribution is 8.00. The van der Waals surface area contributed by atoms with Gasteiger partial charge in [-0.05, 0) is 38.8 Å². The summed E-state index contributed by atoms with van der Waals surface area (Å²) in [6.07, 6.45) is -4.45. The fraction of sp³-hybridized carbons (Fsp3) is 0.568. The van der Waals surface area contributed by atoms with Crippen molar-refractivity contribution in [1.82, 2.24) is 15.5 Å². The number of rotatable bonds is 22. The van der Waals surface area contributed by atoms with Crippen molar-refractivity contribution >= 4 is 52.8 Å². The number of carbonyl (C=O) groups excluding carboxylic acids is 6. The lowest BCUT2D eigenvalue weighted by atomic mass is 9.72. The van der Waals surface area contributed by atoms with E-state index >= 15 is 0 Å². The predicted molar refractivity (Wildman–Crippen MR) is 231 cm³/mol. The van der Waals surface area contributed by atoms with Crippen molar-refractivity contribution in [3.8, 4) is 17.2 Å². The fourth-order valence-corrected chi connectivity index (χ4v) is 9.94. The number of nitrogens with two attached hydrogens (primary N) is 1. The van der Waals surface area contributed by atoms with Gasteiger partial charge in [0.15, 0.2) is 17.9 Å². The molecule has 2 aliphatic heterocycles. The Kier molecular flexibility index (Phi) is 16.6. The fourth-order valence-electron chi connectivity index (χ4n) is 8.82. The Labute approximate surface area is 383 Å². The summed E-state index contributed by atoms with van der Waals surface area (Å²) < 4.78 is 23.3. The number of methoxy groups -OCH3 is 1. The number of phenolic OH excluding ortho intramolecular Hbond substituents is 2. The van der Waals surface area contributed by atoms with E-state index in [0.29, 0.717) is 19.4 Å². The second-order valence-corrected chi connectivity index (χ2v) is 17.9. The third kappa shape index (κ3) is 10.6. The van der Waals surface area contributed by atoms with E-state index in [1.807, 2.05) is 0 Å². The number of aliphatic hydroxyl groups excluding tert-OH is 2. The van der Waals surface area contributed by atoms with Crippen LogP contribution in [0.5, 0.6) is 17.2 Å². The maximum absolute atomic E-state index is 14.0. The summed E-state index contributed by atoms with van der Waals surface area (Å²) in [5, 5.41) is 70.2. The van der Waals surface area contributed by atoms with E-state index in [2.05, 4.69) is 10.6 Å². The first-order valence-corrected chi connectivity index (χ1v) is 22.7. The summed E-state index contributed by atoms with van der Waals surface area (Å²) in [5.74, 6) is -6.33. The number of aliphatic carboxylic acids is 1. The van der Waals surface area contributed by atoms with Gasteiger partial charge in [0.1, 0.15) is 35.5 Å². The molecule has 2 aliphatic carbocycles. The molecule has 66 heavy (non-hydrogen) atoms. The van der Waals surface area contributed by atoms with Crippen LogP contribution in [0.15, 0.2) is 18.2 Å². The number of phenols is 2. The number of Topliss-reactive ketones (excluding diaryl/α,β-unsaturated/α-hetero) is 1. The summed E-state index contributed by atoms with van der Waals surface area (Å²) in [7, 11) is 1.30. The molecular formula is C44H56N4O17S. The molecular weight excluding hydrogens is 889 g/mol. The molecule has 6 rings (SSSR count). The molecule has 2 fully saturated rings. The van der Waals surface area contributed by atoms with Gasteiger partial charge in [0, 0.05) is 67.1 Å². The number of nitrogens with one attached hydrogen (secondary N) is 2. The Morgan fingerprint density at radius 1 is 1.06 bits per heavy atom. The summed E-state index contributed by atoms with van der Waals surface area (Å²) in [6, 6.07) is 2.57. The second kappa shape index (κ2) is 21.7. The van der Waals surface area contributed by atoms with Crippen molar-refractivity contribution in [3.63, 3.8) is 0 Å². The molecule has 2 saturated heterocycles. The molecule has 2 aromatic carbocycles.